The van der Waals surface area contributed by atoms with Gasteiger partial charge < -0.3 is 4.90 Å². The molecule has 31 heavy (non-hydrogen) atoms. The first-order chi connectivity index (χ1) is 15.1. The van der Waals surface area contributed by atoms with Crippen LogP contribution in [0.1, 0.15) is 0 Å². The second-order valence-corrected chi connectivity index (χ2v) is 9.20. The van der Waals surface area contributed by atoms with Crippen molar-refractivity contribution in [3.05, 3.63) is 73.2 Å². The van der Waals surface area contributed by atoms with Gasteiger partial charge in [0, 0.05) is 55.1 Å². The van der Waals surface area contributed by atoms with E-state index in [0.29, 0.717) is 12.1 Å². The van der Waals surface area contributed by atoms with Crippen molar-refractivity contribution in [1.82, 2.24) is 24.9 Å². The van der Waals surface area contributed by atoms with E-state index in [0.717, 1.165) is 35.6 Å². The summed E-state index contributed by atoms with van der Waals surface area (Å²) in [5.74, 6) is 0.995. The Labute approximate surface area is 180 Å². The summed E-state index contributed by atoms with van der Waals surface area (Å²) in [5.41, 5.74) is 2.24. The average Bonchev–Trinajstić information content (AvgIpc) is 2.78. The van der Waals surface area contributed by atoms with Gasteiger partial charge in [-0.1, -0.05) is 18.2 Å². The molecule has 1 aliphatic rings. The molecule has 3 aromatic heterocycles. The molecule has 5 rings (SSSR count). The Kier molecular flexibility index (Phi) is 5.05. The van der Waals surface area contributed by atoms with Gasteiger partial charge in [0.05, 0.1) is 11.2 Å². The van der Waals surface area contributed by atoms with E-state index in [2.05, 4.69) is 29.8 Å². The van der Waals surface area contributed by atoms with Crippen LogP contribution in [0.15, 0.2) is 78.1 Å². The summed E-state index contributed by atoms with van der Waals surface area (Å²) < 4.78 is 28.4. The summed E-state index contributed by atoms with van der Waals surface area (Å²) in [6, 6.07) is 16.5. The number of pyridine rings is 2. The Balaban J connectivity index is 1.20. The second-order valence-electron chi connectivity index (χ2n) is 7.47. The molecule has 1 saturated heterocycles. The molecular formula is C22H20N6O2S. The average molecular weight is 433 g/mol. The van der Waals surface area contributed by atoms with E-state index in [4.69, 9.17) is 0 Å². The maximum atomic E-state index is 12.8. The highest BCUT2D eigenvalue weighted by Crippen LogP contribution is 2.25. The van der Waals surface area contributed by atoms with Gasteiger partial charge in [-0.25, -0.2) is 13.1 Å². The fourth-order valence-electron chi connectivity index (χ4n) is 3.65. The van der Waals surface area contributed by atoms with Crippen molar-refractivity contribution >= 4 is 26.7 Å². The fourth-order valence-corrected chi connectivity index (χ4v) is 4.95. The van der Waals surface area contributed by atoms with E-state index < -0.39 is 10.0 Å². The lowest BCUT2D eigenvalue weighted by Gasteiger charge is -2.39. The highest BCUT2D eigenvalue weighted by atomic mass is 32.2. The number of hydrogen-bond acceptors (Lipinski definition) is 7. The first-order valence-corrected chi connectivity index (χ1v) is 11.4. The monoisotopic (exact) mass is 432 g/mol. The summed E-state index contributed by atoms with van der Waals surface area (Å²) in [7, 11) is -3.64. The van der Waals surface area contributed by atoms with E-state index in [1.54, 1.807) is 36.8 Å². The van der Waals surface area contributed by atoms with E-state index in [1.165, 1.54) is 0 Å². The molecule has 4 heterocycles. The summed E-state index contributed by atoms with van der Waals surface area (Å²) in [4.78, 5) is 10.5. The van der Waals surface area contributed by atoms with Crippen LogP contribution in [-0.4, -0.2) is 48.2 Å². The predicted molar refractivity (Wildman–Crippen MR) is 118 cm³/mol. The molecule has 0 saturated carbocycles. The first kappa shape index (κ1) is 19.5. The summed E-state index contributed by atoms with van der Waals surface area (Å²) in [5, 5.41) is 9.40. The van der Waals surface area contributed by atoms with Gasteiger partial charge in [0.1, 0.15) is 4.90 Å². The summed E-state index contributed by atoms with van der Waals surface area (Å²) in [6.07, 6.45) is 5.05. The Morgan fingerprint density at radius 3 is 2.52 bits per heavy atom. The van der Waals surface area contributed by atoms with E-state index in [-0.39, 0.29) is 10.8 Å². The summed E-state index contributed by atoms with van der Waals surface area (Å²) in [6.45, 7) is 1.81. The molecule has 0 radical (unpaired) electrons. The Morgan fingerprint density at radius 1 is 0.935 bits per heavy atom. The smallest absolute Gasteiger partial charge is 0.242 e. The molecule has 0 aliphatic carbocycles. The van der Waals surface area contributed by atoms with Crippen molar-refractivity contribution < 1.29 is 8.42 Å². The third-order valence-electron chi connectivity index (χ3n) is 5.35. The largest absolute Gasteiger partial charge is 0.354 e. The molecule has 1 aliphatic heterocycles. The standard InChI is InChI=1S/C22H20N6O2S/c29-31(30,20-5-1-3-18-4-2-10-24-22(18)20)25-13-16-14-28(15-16)21-7-6-19(26-27-21)17-8-11-23-12-9-17/h1-12,16,25H,13-15H2. The van der Waals surface area contributed by atoms with Gasteiger partial charge in [-0.2, -0.15) is 0 Å². The molecule has 8 nitrogen and oxygen atoms in total. The van der Waals surface area contributed by atoms with Gasteiger partial charge in [-0.3, -0.25) is 9.97 Å². The lowest BCUT2D eigenvalue weighted by atomic mass is 10.0. The highest BCUT2D eigenvalue weighted by molar-refractivity contribution is 7.89. The van der Waals surface area contributed by atoms with Gasteiger partial charge in [0.25, 0.3) is 0 Å². The van der Waals surface area contributed by atoms with Crippen molar-refractivity contribution in [2.24, 2.45) is 5.92 Å². The minimum absolute atomic E-state index is 0.208. The van der Waals surface area contributed by atoms with Crippen LogP contribution < -0.4 is 9.62 Å². The van der Waals surface area contributed by atoms with E-state index >= 15 is 0 Å². The maximum absolute atomic E-state index is 12.8. The lowest BCUT2D eigenvalue weighted by Crippen LogP contribution is -2.51. The van der Waals surface area contributed by atoms with Crippen LogP contribution in [0, 0.1) is 5.92 Å². The van der Waals surface area contributed by atoms with Crippen LogP contribution in [0.4, 0.5) is 5.82 Å². The summed E-state index contributed by atoms with van der Waals surface area (Å²) >= 11 is 0. The third-order valence-corrected chi connectivity index (χ3v) is 6.81. The van der Waals surface area contributed by atoms with E-state index in [9.17, 15) is 8.42 Å². The van der Waals surface area contributed by atoms with Crippen LogP contribution in [0.2, 0.25) is 0 Å². The third kappa shape index (κ3) is 3.97. The van der Waals surface area contributed by atoms with Crippen molar-refractivity contribution in [2.75, 3.05) is 24.5 Å². The van der Waals surface area contributed by atoms with Crippen LogP contribution in [-0.2, 0) is 10.0 Å². The van der Waals surface area contributed by atoms with Crippen LogP contribution in [0.3, 0.4) is 0 Å². The number of rotatable bonds is 6. The van der Waals surface area contributed by atoms with Crippen molar-refractivity contribution in [3.63, 3.8) is 0 Å². The molecule has 0 spiro atoms. The SMILES string of the molecule is O=S(=O)(NCC1CN(c2ccc(-c3ccncc3)nn2)C1)c1cccc2cccnc12. The number of aromatic nitrogens is 4. The minimum atomic E-state index is -3.64. The Morgan fingerprint density at radius 2 is 1.74 bits per heavy atom. The quantitative estimate of drug-likeness (QED) is 0.499. The maximum Gasteiger partial charge on any atom is 0.242 e. The van der Waals surface area contributed by atoms with Crippen LogP contribution in [0.25, 0.3) is 22.2 Å². The van der Waals surface area contributed by atoms with Gasteiger partial charge >= 0.3 is 0 Å². The van der Waals surface area contributed by atoms with Gasteiger partial charge in [-0.05, 0) is 36.4 Å². The zero-order valence-corrected chi connectivity index (χ0v) is 17.4. The number of nitrogens with one attached hydrogen (secondary N) is 1. The molecule has 156 valence electrons. The topological polar surface area (TPSA) is 101 Å². The van der Waals surface area contributed by atoms with Gasteiger partial charge in [0.15, 0.2) is 5.82 Å². The molecule has 0 atom stereocenters. The predicted octanol–water partition coefficient (Wildman–Crippen LogP) is 2.50. The first-order valence-electron chi connectivity index (χ1n) is 9.93. The molecule has 9 heteroatoms. The van der Waals surface area contributed by atoms with Crippen LogP contribution >= 0.6 is 0 Å². The zero-order chi connectivity index (χ0) is 21.3. The molecule has 0 amide bonds. The lowest BCUT2D eigenvalue weighted by molar-refractivity contribution is 0.402. The van der Waals surface area contributed by atoms with Crippen molar-refractivity contribution in [1.29, 1.82) is 0 Å². The molecule has 0 unspecified atom stereocenters. The number of nitrogens with zero attached hydrogens (tertiary/aromatic N) is 5. The second kappa shape index (κ2) is 8.01. The number of fused-ring (bicyclic) bond motifs is 1. The number of sulfonamides is 1. The Bertz CT molecular complexity index is 1300. The Hall–Kier alpha value is -3.43. The zero-order valence-electron chi connectivity index (χ0n) is 16.6. The number of anilines is 1. The molecule has 4 aromatic rings. The van der Waals surface area contributed by atoms with Crippen molar-refractivity contribution in [3.8, 4) is 11.3 Å². The molecule has 1 N–H and O–H groups in total. The van der Waals surface area contributed by atoms with Gasteiger partial charge in [0.2, 0.25) is 10.0 Å². The van der Waals surface area contributed by atoms with Crippen LogP contribution in [0.5, 0.6) is 0 Å². The minimum Gasteiger partial charge on any atom is -0.354 e. The number of para-hydroxylation sites is 1. The van der Waals surface area contributed by atoms with E-state index in [1.807, 2.05) is 36.4 Å². The highest BCUT2D eigenvalue weighted by Gasteiger charge is 2.30. The van der Waals surface area contributed by atoms with Gasteiger partial charge in [-0.15, -0.1) is 10.2 Å². The number of hydrogen-bond donors (Lipinski definition) is 1. The molecule has 1 fully saturated rings. The molecule has 0 bridgehead atoms. The van der Waals surface area contributed by atoms with Crippen molar-refractivity contribution in [2.45, 2.75) is 4.90 Å². The molecule has 1 aromatic carbocycles. The molecular weight excluding hydrogens is 412 g/mol. The fraction of sp³-hybridized carbons (Fsp3) is 0.182. The normalized spacial score (nSPS) is 14.5. The number of benzene rings is 1.